The third-order valence-corrected chi connectivity index (χ3v) is 3.08. The van der Waals surface area contributed by atoms with E-state index in [0.29, 0.717) is 12.6 Å². The number of hydrogen-bond acceptors (Lipinski definition) is 4. The van der Waals surface area contributed by atoms with E-state index in [9.17, 15) is 4.79 Å². The van der Waals surface area contributed by atoms with Gasteiger partial charge in [-0.25, -0.2) is 0 Å². The zero-order chi connectivity index (χ0) is 12.0. The van der Waals surface area contributed by atoms with Crippen molar-refractivity contribution in [3.8, 4) is 0 Å². The number of nitrogens with two attached hydrogens (primary N) is 1. The second-order valence-electron chi connectivity index (χ2n) is 4.47. The molecule has 4 N–H and O–H groups in total. The first kappa shape index (κ1) is 13.4. The van der Waals surface area contributed by atoms with Crippen LogP contribution in [0.15, 0.2) is 0 Å². The third-order valence-electron chi connectivity index (χ3n) is 3.08. The predicted octanol–water partition coefficient (Wildman–Crippen LogP) is -0.703. The van der Waals surface area contributed by atoms with Crippen molar-refractivity contribution in [2.45, 2.75) is 38.3 Å². The second kappa shape index (κ2) is 6.83. The van der Waals surface area contributed by atoms with Crippen LogP contribution in [0.5, 0.6) is 0 Å². The standard InChI is InChI=1S/C11H23N3O2/c1-2-10(8-15)13-11(16)7-14-5-3-9(12)4-6-14/h9-10,15H,2-8,12H2,1H3,(H,13,16)/t10-/m0/s1. The zero-order valence-corrected chi connectivity index (χ0v) is 9.98. The summed E-state index contributed by atoms with van der Waals surface area (Å²) < 4.78 is 0. The fourth-order valence-corrected chi connectivity index (χ4v) is 1.86. The highest BCUT2D eigenvalue weighted by Gasteiger charge is 2.19. The third kappa shape index (κ3) is 4.47. The Morgan fingerprint density at radius 1 is 1.56 bits per heavy atom. The van der Waals surface area contributed by atoms with E-state index in [-0.39, 0.29) is 18.6 Å². The van der Waals surface area contributed by atoms with Crippen molar-refractivity contribution in [3.63, 3.8) is 0 Å². The van der Waals surface area contributed by atoms with Gasteiger partial charge in [0.1, 0.15) is 0 Å². The highest BCUT2D eigenvalue weighted by Crippen LogP contribution is 2.07. The number of aliphatic hydroxyl groups excluding tert-OH is 1. The summed E-state index contributed by atoms with van der Waals surface area (Å²) in [6.45, 7) is 4.16. The molecule has 0 aliphatic carbocycles. The number of likely N-dealkylation sites (tertiary alicyclic amines) is 1. The SMILES string of the molecule is CC[C@@H](CO)NC(=O)CN1CCC(N)CC1. The van der Waals surface area contributed by atoms with E-state index < -0.39 is 0 Å². The van der Waals surface area contributed by atoms with E-state index in [1.807, 2.05) is 6.92 Å². The lowest BCUT2D eigenvalue weighted by Gasteiger charge is -2.29. The van der Waals surface area contributed by atoms with Crippen molar-refractivity contribution in [3.05, 3.63) is 0 Å². The molecule has 0 aromatic heterocycles. The van der Waals surface area contributed by atoms with Crippen LogP contribution < -0.4 is 11.1 Å². The normalized spacial score (nSPS) is 20.7. The number of carbonyl (C=O) groups is 1. The Morgan fingerprint density at radius 3 is 2.69 bits per heavy atom. The first-order valence-electron chi connectivity index (χ1n) is 6.03. The Balaban J connectivity index is 2.23. The van der Waals surface area contributed by atoms with E-state index in [4.69, 9.17) is 10.8 Å². The molecule has 1 saturated heterocycles. The maximum absolute atomic E-state index is 11.6. The van der Waals surface area contributed by atoms with Gasteiger partial charge in [-0.3, -0.25) is 9.69 Å². The molecule has 0 aromatic rings. The van der Waals surface area contributed by atoms with Crippen LogP contribution in [0.1, 0.15) is 26.2 Å². The van der Waals surface area contributed by atoms with Crippen molar-refractivity contribution in [2.24, 2.45) is 5.73 Å². The van der Waals surface area contributed by atoms with E-state index in [2.05, 4.69) is 10.2 Å². The number of carbonyl (C=O) groups excluding carboxylic acids is 1. The molecule has 1 atom stereocenters. The van der Waals surface area contributed by atoms with Gasteiger partial charge in [-0.05, 0) is 19.3 Å². The Bertz CT molecular complexity index is 211. The van der Waals surface area contributed by atoms with Crippen LogP contribution in [-0.2, 0) is 4.79 Å². The molecule has 0 aromatic carbocycles. The number of rotatable bonds is 5. The van der Waals surface area contributed by atoms with Gasteiger partial charge in [0.2, 0.25) is 5.91 Å². The summed E-state index contributed by atoms with van der Waals surface area (Å²) >= 11 is 0. The molecular weight excluding hydrogens is 206 g/mol. The quantitative estimate of drug-likeness (QED) is 0.582. The summed E-state index contributed by atoms with van der Waals surface area (Å²) in [5.41, 5.74) is 5.79. The van der Waals surface area contributed by atoms with Gasteiger partial charge in [-0.15, -0.1) is 0 Å². The summed E-state index contributed by atoms with van der Waals surface area (Å²) in [5.74, 6) is -0.00336. The summed E-state index contributed by atoms with van der Waals surface area (Å²) in [6, 6.07) is 0.180. The monoisotopic (exact) mass is 229 g/mol. The van der Waals surface area contributed by atoms with Crippen molar-refractivity contribution < 1.29 is 9.90 Å². The topological polar surface area (TPSA) is 78.6 Å². The smallest absolute Gasteiger partial charge is 0.234 e. The summed E-state index contributed by atoms with van der Waals surface area (Å²) in [7, 11) is 0. The van der Waals surface area contributed by atoms with E-state index in [0.717, 1.165) is 32.4 Å². The molecule has 0 radical (unpaired) electrons. The maximum atomic E-state index is 11.6. The van der Waals surface area contributed by atoms with Crippen molar-refractivity contribution in [1.29, 1.82) is 0 Å². The Morgan fingerprint density at radius 2 is 2.19 bits per heavy atom. The highest BCUT2D eigenvalue weighted by molar-refractivity contribution is 5.78. The minimum atomic E-state index is -0.112. The fraction of sp³-hybridized carbons (Fsp3) is 0.909. The van der Waals surface area contributed by atoms with E-state index >= 15 is 0 Å². The van der Waals surface area contributed by atoms with Gasteiger partial charge in [0.15, 0.2) is 0 Å². The lowest BCUT2D eigenvalue weighted by Crippen LogP contribution is -2.47. The molecule has 1 heterocycles. The van der Waals surface area contributed by atoms with Crippen LogP contribution in [0.4, 0.5) is 0 Å². The largest absolute Gasteiger partial charge is 0.394 e. The number of amides is 1. The zero-order valence-electron chi connectivity index (χ0n) is 9.98. The van der Waals surface area contributed by atoms with Crippen molar-refractivity contribution in [1.82, 2.24) is 10.2 Å². The molecular formula is C11H23N3O2. The second-order valence-corrected chi connectivity index (χ2v) is 4.47. The molecule has 5 heteroatoms. The Labute approximate surface area is 97.0 Å². The number of hydrogen-bond donors (Lipinski definition) is 3. The van der Waals surface area contributed by atoms with Gasteiger partial charge in [0.05, 0.1) is 19.2 Å². The van der Waals surface area contributed by atoms with Gasteiger partial charge in [-0.1, -0.05) is 6.92 Å². The number of piperidine rings is 1. The van der Waals surface area contributed by atoms with Crippen LogP contribution >= 0.6 is 0 Å². The van der Waals surface area contributed by atoms with Crippen LogP contribution in [0.3, 0.4) is 0 Å². The van der Waals surface area contributed by atoms with Crippen LogP contribution in [0.25, 0.3) is 0 Å². The molecule has 0 saturated carbocycles. The highest BCUT2D eigenvalue weighted by atomic mass is 16.3. The average molecular weight is 229 g/mol. The fourth-order valence-electron chi connectivity index (χ4n) is 1.86. The summed E-state index contributed by atoms with van der Waals surface area (Å²) in [4.78, 5) is 13.7. The maximum Gasteiger partial charge on any atom is 0.234 e. The molecule has 1 aliphatic rings. The summed E-state index contributed by atoms with van der Waals surface area (Å²) in [5, 5.41) is 11.8. The number of aliphatic hydroxyl groups is 1. The van der Waals surface area contributed by atoms with Gasteiger partial charge < -0.3 is 16.2 Å². The molecule has 94 valence electrons. The number of nitrogens with zero attached hydrogens (tertiary/aromatic N) is 1. The van der Waals surface area contributed by atoms with Crippen molar-refractivity contribution in [2.75, 3.05) is 26.2 Å². The van der Waals surface area contributed by atoms with Crippen LogP contribution in [-0.4, -0.2) is 54.2 Å². The molecule has 1 aliphatic heterocycles. The first-order chi connectivity index (χ1) is 7.65. The van der Waals surface area contributed by atoms with Crippen molar-refractivity contribution >= 4 is 5.91 Å². The lowest BCUT2D eigenvalue weighted by atomic mass is 10.1. The lowest BCUT2D eigenvalue weighted by molar-refractivity contribution is -0.123. The molecule has 5 nitrogen and oxygen atoms in total. The van der Waals surface area contributed by atoms with E-state index in [1.54, 1.807) is 0 Å². The predicted molar refractivity (Wildman–Crippen MR) is 63.0 cm³/mol. The first-order valence-corrected chi connectivity index (χ1v) is 6.03. The Kier molecular flexibility index (Phi) is 5.73. The summed E-state index contributed by atoms with van der Waals surface area (Å²) in [6.07, 6.45) is 2.68. The molecule has 16 heavy (non-hydrogen) atoms. The van der Waals surface area contributed by atoms with Gasteiger partial charge in [0, 0.05) is 19.1 Å². The van der Waals surface area contributed by atoms with E-state index in [1.165, 1.54) is 0 Å². The molecule has 1 fully saturated rings. The molecule has 1 amide bonds. The minimum absolute atomic E-state index is 0.00336. The van der Waals surface area contributed by atoms with Gasteiger partial charge in [0.25, 0.3) is 0 Å². The van der Waals surface area contributed by atoms with Gasteiger partial charge in [-0.2, -0.15) is 0 Å². The minimum Gasteiger partial charge on any atom is -0.394 e. The Hall–Kier alpha value is -0.650. The molecule has 1 rings (SSSR count). The van der Waals surface area contributed by atoms with Gasteiger partial charge >= 0.3 is 0 Å². The van der Waals surface area contributed by atoms with Crippen LogP contribution in [0.2, 0.25) is 0 Å². The molecule has 0 spiro atoms. The number of nitrogens with one attached hydrogen (secondary N) is 1. The van der Waals surface area contributed by atoms with Crippen LogP contribution in [0, 0.1) is 0 Å². The molecule has 0 unspecified atom stereocenters. The molecule has 0 bridgehead atoms. The average Bonchev–Trinajstić information content (AvgIpc) is 2.29.